The number of thioether (sulfide) groups is 1. The fourth-order valence-electron chi connectivity index (χ4n) is 1.96. The second-order valence-corrected chi connectivity index (χ2v) is 7.28. The van der Waals surface area contributed by atoms with Gasteiger partial charge in [-0.05, 0) is 12.8 Å². The van der Waals surface area contributed by atoms with Gasteiger partial charge in [-0.1, -0.05) is 0 Å². The van der Waals surface area contributed by atoms with Gasteiger partial charge >= 0.3 is 5.97 Å². The highest BCUT2D eigenvalue weighted by Crippen LogP contribution is 2.19. The molecule has 9 heteroatoms. The maximum Gasteiger partial charge on any atom is 0.313 e. The van der Waals surface area contributed by atoms with Crippen LogP contribution in [0.25, 0.3) is 0 Å². The first-order chi connectivity index (χ1) is 8.80. The zero-order valence-corrected chi connectivity index (χ0v) is 12.3. The molecular formula is C10H18N2O5S2. The van der Waals surface area contributed by atoms with Gasteiger partial charge in [0.15, 0.2) is 0 Å². The third-order valence-corrected chi connectivity index (χ3v) is 4.99. The van der Waals surface area contributed by atoms with Gasteiger partial charge in [-0.2, -0.15) is 4.31 Å². The lowest BCUT2D eigenvalue weighted by Crippen LogP contribution is -2.43. The van der Waals surface area contributed by atoms with Gasteiger partial charge in [0.25, 0.3) is 0 Å². The molecule has 19 heavy (non-hydrogen) atoms. The van der Waals surface area contributed by atoms with Crippen LogP contribution in [0.3, 0.4) is 0 Å². The van der Waals surface area contributed by atoms with Gasteiger partial charge in [-0.25, -0.2) is 8.42 Å². The van der Waals surface area contributed by atoms with Crippen LogP contribution in [0.5, 0.6) is 0 Å². The second kappa shape index (κ2) is 7.11. The molecule has 0 aromatic heterocycles. The molecular weight excluding hydrogens is 292 g/mol. The summed E-state index contributed by atoms with van der Waals surface area (Å²) >= 11 is 1.01. The van der Waals surface area contributed by atoms with E-state index in [9.17, 15) is 18.0 Å². The van der Waals surface area contributed by atoms with Crippen LogP contribution in [0.15, 0.2) is 0 Å². The Morgan fingerprint density at radius 1 is 1.42 bits per heavy atom. The molecule has 0 aliphatic carbocycles. The minimum atomic E-state index is -3.23. The number of nitrogens with zero attached hydrogens (tertiary/aromatic N) is 1. The molecule has 0 spiro atoms. The highest BCUT2D eigenvalue weighted by molar-refractivity contribution is 8.00. The van der Waals surface area contributed by atoms with E-state index in [1.165, 1.54) is 4.31 Å². The van der Waals surface area contributed by atoms with E-state index in [0.29, 0.717) is 6.54 Å². The van der Waals surface area contributed by atoms with Crippen molar-refractivity contribution in [1.29, 1.82) is 0 Å². The monoisotopic (exact) mass is 310 g/mol. The standard InChI is InChI=1S/C10H18N2O5S2/c1-19(16,17)12-4-2-3-8(12)5-11-9(13)6-18-7-10(14)15/h8H,2-7H2,1H3,(H,11,13)(H,14,15)/t8-/m1/s1. The minimum absolute atomic E-state index is 0.0674. The Morgan fingerprint density at radius 2 is 2.11 bits per heavy atom. The summed E-state index contributed by atoms with van der Waals surface area (Å²) in [5.74, 6) is -1.28. The number of carboxylic acids is 1. The highest BCUT2D eigenvalue weighted by atomic mass is 32.2. The van der Waals surface area contributed by atoms with Crippen molar-refractivity contribution >= 4 is 33.7 Å². The molecule has 1 fully saturated rings. The quantitative estimate of drug-likeness (QED) is 0.647. The zero-order chi connectivity index (χ0) is 14.5. The van der Waals surface area contributed by atoms with Gasteiger partial charge in [0.1, 0.15) is 0 Å². The first-order valence-corrected chi connectivity index (χ1v) is 8.84. The SMILES string of the molecule is CS(=O)(=O)N1CCC[C@@H]1CNC(=O)CSCC(=O)O. The number of hydrogen-bond donors (Lipinski definition) is 2. The van der Waals surface area contributed by atoms with E-state index in [0.717, 1.165) is 30.9 Å². The maximum atomic E-state index is 11.5. The normalized spacial score (nSPS) is 20.4. The van der Waals surface area contributed by atoms with Gasteiger partial charge in [0.2, 0.25) is 15.9 Å². The van der Waals surface area contributed by atoms with Crippen LogP contribution in [-0.2, 0) is 19.6 Å². The third-order valence-electron chi connectivity index (χ3n) is 2.74. The molecule has 7 nitrogen and oxygen atoms in total. The first-order valence-electron chi connectivity index (χ1n) is 5.83. The summed E-state index contributed by atoms with van der Waals surface area (Å²) in [6.07, 6.45) is 2.69. The smallest absolute Gasteiger partial charge is 0.313 e. The van der Waals surface area contributed by atoms with E-state index >= 15 is 0 Å². The predicted octanol–water partition coefficient (Wildman–Crippen LogP) is -0.656. The lowest BCUT2D eigenvalue weighted by Gasteiger charge is -2.22. The van der Waals surface area contributed by atoms with Gasteiger partial charge in [0, 0.05) is 19.1 Å². The predicted molar refractivity (Wildman–Crippen MR) is 72.5 cm³/mol. The van der Waals surface area contributed by atoms with Crippen molar-refractivity contribution < 1.29 is 23.1 Å². The molecule has 1 rings (SSSR count). The molecule has 0 unspecified atom stereocenters. The van der Waals surface area contributed by atoms with Crippen LogP contribution >= 0.6 is 11.8 Å². The number of hydrogen-bond acceptors (Lipinski definition) is 5. The Labute approximate surface area is 116 Å². The van der Waals surface area contributed by atoms with Crippen molar-refractivity contribution in [2.24, 2.45) is 0 Å². The summed E-state index contributed by atoms with van der Waals surface area (Å²) in [5, 5.41) is 11.1. The minimum Gasteiger partial charge on any atom is -0.481 e. The van der Waals surface area contributed by atoms with Crippen molar-refractivity contribution in [2.45, 2.75) is 18.9 Å². The van der Waals surface area contributed by atoms with Crippen molar-refractivity contribution in [3.8, 4) is 0 Å². The topological polar surface area (TPSA) is 104 Å². The fourth-order valence-corrected chi connectivity index (χ4v) is 3.71. The third kappa shape index (κ3) is 5.79. The largest absolute Gasteiger partial charge is 0.481 e. The van der Waals surface area contributed by atoms with Crippen LogP contribution in [0.2, 0.25) is 0 Å². The highest BCUT2D eigenvalue weighted by Gasteiger charge is 2.31. The Hall–Kier alpha value is -0.800. The number of carbonyl (C=O) groups is 2. The van der Waals surface area contributed by atoms with Crippen LogP contribution < -0.4 is 5.32 Å². The molecule has 0 aromatic carbocycles. The Bertz CT molecular complexity index is 437. The van der Waals surface area contributed by atoms with E-state index in [4.69, 9.17) is 5.11 Å². The molecule has 1 aliphatic heterocycles. The van der Waals surface area contributed by atoms with Crippen LogP contribution in [0, 0.1) is 0 Å². The van der Waals surface area contributed by atoms with E-state index in [2.05, 4.69) is 5.32 Å². The van der Waals surface area contributed by atoms with Crippen molar-refractivity contribution in [3.05, 3.63) is 0 Å². The van der Waals surface area contributed by atoms with E-state index < -0.39 is 16.0 Å². The first kappa shape index (κ1) is 16.3. The summed E-state index contributed by atoms with van der Waals surface area (Å²) in [7, 11) is -3.23. The van der Waals surface area contributed by atoms with Crippen LogP contribution in [0.4, 0.5) is 0 Å². The Balaban J connectivity index is 2.32. The summed E-state index contributed by atoms with van der Waals surface area (Å²) < 4.78 is 24.4. The fraction of sp³-hybridized carbons (Fsp3) is 0.800. The summed E-state index contributed by atoms with van der Waals surface area (Å²) in [6.45, 7) is 0.771. The van der Waals surface area contributed by atoms with Gasteiger partial charge in [-0.15, -0.1) is 11.8 Å². The van der Waals surface area contributed by atoms with Gasteiger partial charge < -0.3 is 10.4 Å². The molecule has 1 atom stereocenters. The molecule has 2 N–H and O–H groups in total. The van der Waals surface area contributed by atoms with Crippen LogP contribution in [-0.4, -0.2) is 66.6 Å². The van der Waals surface area contributed by atoms with E-state index in [1.54, 1.807) is 0 Å². The van der Waals surface area contributed by atoms with E-state index in [1.807, 2.05) is 0 Å². The number of amides is 1. The lowest BCUT2D eigenvalue weighted by molar-refractivity contribution is -0.133. The molecule has 1 aliphatic rings. The zero-order valence-electron chi connectivity index (χ0n) is 10.7. The molecule has 0 aromatic rings. The Morgan fingerprint density at radius 3 is 2.68 bits per heavy atom. The average Bonchev–Trinajstić information content (AvgIpc) is 2.73. The molecule has 0 radical (unpaired) electrons. The molecule has 1 heterocycles. The lowest BCUT2D eigenvalue weighted by atomic mass is 10.2. The molecule has 0 bridgehead atoms. The molecule has 110 valence electrons. The number of nitrogens with one attached hydrogen (secondary N) is 1. The summed E-state index contributed by atoms with van der Waals surface area (Å²) in [6, 6.07) is -0.191. The number of carboxylic acid groups (broad SMARTS) is 1. The summed E-state index contributed by atoms with van der Waals surface area (Å²) in [4.78, 5) is 21.7. The van der Waals surface area contributed by atoms with Crippen molar-refractivity contribution in [3.63, 3.8) is 0 Å². The van der Waals surface area contributed by atoms with Gasteiger partial charge in [-0.3, -0.25) is 9.59 Å². The molecule has 1 saturated heterocycles. The average molecular weight is 310 g/mol. The van der Waals surface area contributed by atoms with Crippen LogP contribution in [0.1, 0.15) is 12.8 Å². The number of carbonyl (C=O) groups excluding carboxylic acids is 1. The summed E-state index contributed by atoms with van der Waals surface area (Å²) in [5.41, 5.74) is 0. The maximum absolute atomic E-state index is 11.5. The second-order valence-electron chi connectivity index (χ2n) is 4.36. The van der Waals surface area contributed by atoms with Crippen molar-refractivity contribution in [1.82, 2.24) is 9.62 Å². The van der Waals surface area contributed by atoms with Gasteiger partial charge in [0.05, 0.1) is 17.8 Å². The number of aliphatic carboxylic acids is 1. The number of rotatable bonds is 7. The molecule has 1 amide bonds. The number of sulfonamides is 1. The van der Waals surface area contributed by atoms with Crippen molar-refractivity contribution in [2.75, 3.05) is 30.9 Å². The molecule has 0 saturated carbocycles. The van der Waals surface area contributed by atoms with E-state index in [-0.39, 0.29) is 30.0 Å². The Kier molecular flexibility index (Phi) is 6.08.